The average Bonchev–Trinajstić information content (AvgIpc) is 2.67. The Kier molecular flexibility index (Phi) is 6.23. The Morgan fingerprint density at radius 1 is 1.23 bits per heavy atom. The number of piperidine rings is 1. The van der Waals surface area contributed by atoms with Crippen molar-refractivity contribution in [3.8, 4) is 0 Å². The van der Waals surface area contributed by atoms with Gasteiger partial charge in [0.25, 0.3) is 5.91 Å². The van der Waals surface area contributed by atoms with Crippen LogP contribution in [-0.4, -0.2) is 60.5 Å². The minimum absolute atomic E-state index is 0.0196. The molecule has 1 amide bonds. The highest BCUT2D eigenvalue weighted by molar-refractivity contribution is 5.93. The van der Waals surface area contributed by atoms with Gasteiger partial charge in [0.05, 0.1) is 5.56 Å². The van der Waals surface area contributed by atoms with Crippen molar-refractivity contribution >= 4 is 11.7 Å². The number of aromatic nitrogens is 1. The highest BCUT2D eigenvalue weighted by atomic mass is 16.2. The summed E-state index contributed by atoms with van der Waals surface area (Å²) in [6, 6.07) is 14.8. The molecule has 138 valence electrons. The molecular formula is C21H28N4O. The first kappa shape index (κ1) is 18.4. The normalized spacial score (nSPS) is 17.7. The summed E-state index contributed by atoms with van der Waals surface area (Å²) >= 11 is 0. The van der Waals surface area contributed by atoms with E-state index in [1.807, 2.05) is 12.1 Å². The second-order valence-corrected chi connectivity index (χ2v) is 7.15. The van der Waals surface area contributed by atoms with Crippen LogP contribution >= 0.6 is 0 Å². The number of benzene rings is 1. The fourth-order valence-electron chi connectivity index (χ4n) is 3.38. The summed E-state index contributed by atoms with van der Waals surface area (Å²) in [6.45, 7) is 3.29. The fourth-order valence-corrected chi connectivity index (χ4v) is 3.38. The number of pyridine rings is 1. The minimum Gasteiger partial charge on any atom is -0.366 e. The van der Waals surface area contributed by atoms with Crippen LogP contribution in [0.3, 0.4) is 0 Å². The predicted octanol–water partition coefficient (Wildman–Crippen LogP) is 2.90. The number of hydrogen-bond acceptors (Lipinski definition) is 4. The van der Waals surface area contributed by atoms with Crippen molar-refractivity contribution in [3.63, 3.8) is 0 Å². The van der Waals surface area contributed by atoms with Gasteiger partial charge < -0.3 is 15.1 Å². The number of carbonyl (C=O) groups excluding carboxylic acids is 1. The third-order valence-corrected chi connectivity index (χ3v) is 4.83. The first-order chi connectivity index (χ1) is 12.6. The van der Waals surface area contributed by atoms with E-state index in [1.165, 1.54) is 12.0 Å². The number of likely N-dealkylation sites (tertiary alicyclic amines) is 1. The van der Waals surface area contributed by atoms with Gasteiger partial charge in [-0.25, -0.2) is 4.98 Å². The topological polar surface area (TPSA) is 48.5 Å². The maximum atomic E-state index is 11.9. The lowest BCUT2D eigenvalue weighted by molar-refractivity contribution is 0.0827. The zero-order chi connectivity index (χ0) is 18.4. The molecule has 1 aliphatic rings. The van der Waals surface area contributed by atoms with E-state index in [-0.39, 0.29) is 5.91 Å². The van der Waals surface area contributed by atoms with Gasteiger partial charge in [-0.1, -0.05) is 30.3 Å². The van der Waals surface area contributed by atoms with Gasteiger partial charge in [-0.15, -0.1) is 0 Å². The van der Waals surface area contributed by atoms with Crippen molar-refractivity contribution in [3.05, 3.63) is 59.8 Å². The molecule has 3 rings (SSSR count). The van der Waals surface area contributed by atoms with E-state index in [4.69, 9.17) is 0 Å². The molecule has 0 saturated carbocycles. The molecule has 1 fully saturated rings. The molecule has 1 saturated heterocycles. The van der Waals surface area contributed by atoms with Crippen LogP contribution in [0.1, 0.15) is 28.8 Å². The Hall–Kier alpha value is -2.40. The summed E-state index contributed by atoms with van der Waals surface area (Å²) in [5, 5.41) is 3.53. The fraction of sp³-hybridized carbons (Fsp3) is 0.429. The van der Waals surface area contributed by atoms with Crippen LogP contribution in [0.5, 0.6) is 0 Å². The smallest absolute Gasteiger partial charge is 0.254 e. The summed E-state index contributed by atoms with van der Waals surface area (Å²) in [6.07, 6.45) is 5.10. The zero-order valence-electron chi connectivity index (χ0n) is 15.7. The molecule has 0 aliphatic carbocycles. The first-order valence-corrected chi connectivity index (χ1v) is 9.32. The highest BCUT2D eigenvalue weighted by Gasteiger charge is 2.20. The lowest BCUT2D eigenvalue weighted by atomic mass is 10.0. The summed E-state index contributed by atoms with van der Waals surface area (Å²) < 4.78 is 0. The van der Waals surface area contributed by atoms with Crippen molar-refractivity contribution in [1.82, 2.24) is 14.8 Å². The Morgan fingerprint density at radius 3 is 2.73 bits per heavy atom. The van der Waals surface area contributed by atoms with Gasteiger partial charge in [0, 0.05) is 39.4 Å². The van der Waals surface area contributed by atoms with E-state index < -0.39 is 0 Å². The maximum Gasteiger partial charge on any atom is 0.254 e. The molecule has 1 N–H and O–H groups in total. The first-order valence-electron chi connectivity index (χ1n) is 9.32. The molecule has 1 atom stereocenters. The Morgan fingerprint density at radius 2 is 2.04 bits per heavy atom. The highest BCUT2D eigenvalue weighted by Crippen LogP contribution is 2.16. The van der Waals surface area contributed by atoms with Crippen LogP contribution in [0.15, 0.2) is 48.7 Å². The molecule has 26 heavy (non-hydrogen) atoms. The van der Waals surface area contributed by atoms with Gasteiger partial charge in [-0.3, -0.25) is 4.79 Å². The standard InChI is InChI=1S/C21H28N4O/c1-24(2)21(26)18-10-11-20(22-15-18)23-19-9-6-13-25(16-19)14-12-17-7-4-3-5-8-17/h3-5,7-8,10-11,15,19H,6,9,12-14,16H2,1-2H3,(H,22,23). The molecule has 1 aliphatic heterocycles. The summed E-state index contributed by atoms with van der Waals surface area (Å²) in [5.41, 5.74) is 2.01. The van der Waals surface area contributed by atoms with Gasteiger partial charge in [0.15, 0.2) is 0 Å². The summed E-state index contributed by atoms with van der Waals surface area (Å²) in [5.74, 6) is 0.823. The quantitative estimate of drug-likeness (QED) is 0.868. The molecule has 1 aromatic carbocycles. The second-order valence-electron chi connectivity index (χ2n) is 7.15. The van der Waals surface area contributed by atoms with Crippen molar-refractivity contribution in [2.24, 2.45) is 0 Å². The molecule has 5 nitrogen and oxygen atoms in total. The number of carbonyl (C=O) groups is 1. The minimum atomic E-state index is -0.0196. The molecule has 5 heteroatoms. The zero-order valence-corrected chi connectivity index (χ0v) is 15.7. The van der Waals surface area contributed by atoms with E-state index in [2.05, 4.69) is 45.5 Å². The molecule has 1 aromatic heterocycles. The van der Waals surface area contributed by atoms with Crippen LogP contribution < -0.4 is 5.32 Å². The number of nitrogens with zero attached hydrogens (tertiary/aromatic N) is 3. The lowest BCUT2D eigenvalue weighted by Gasteiger charge is -2.33. The Labute approximate surface area is 156 Å². The van der Waals surface area contributed by atoms with Gasteiger partial charge in [-0.05, 0) is 43.5 Å². The number of hydrogen-bond donors (Lipinski definition) is 1. The second kappa shape index (κ2) is 8.81. The van der Waals surface area contributed by atoms with Crippen LogP contribution in [0.25, 0.3) is 0 Å². The Bertz CT molecular complexity index is 700. The number of anilines is 1. The van der Waals surface area contributed by atoms with Crippen LogP contribution in [0.4, 0.5) is 5.82 Å². The third kappa shape index (κ3) is 5.05. The lowest BCUT2D eigenvalue weighted by Crippen LogP contribution is -2.43. The molecule has 1 unspecified atom stereocenters. The van der Waals surface area contributed by atoms with Crippen LogP contribution in [-0.2, 0) is 6.42 Å². The molecule has 0 radical (unpaired) electrons. The van der Waals surface area contributed by atoms with Crippen molar-refractivity contribution in [2.75, 3.05) is 39.0 Å². The summed E-state index contributed by atoms with van der Waals surface area (Å²) in [4.78, 5) is 20.4. The van der Waals surface area contributed by atoms with Gasteiger partial charge in [0.1, 0.15) is 5.82 Å². The SMILES string of the molecule is CN(C)C(=O)c1ccc(NC2CCCN(CCc3ccccc3)C2)nc1. The monoisotopic (exact) mass is 352 g/mol. The third-order valence-electron chi connectivity index (χ3n) is 4.83. The predicted molar refractivity (Wildman–Crippen MR) is 105 cm³/mol. The average molecular weight is 352 g/mol. The van der Waals surface area contributed by atoms with E-state index in [9.17, 15) is 4.79 Å². The van der Waals surface area contributed by atoms with Crippen molar-refractivity contribution in [1.29, 1.82) is 0 Å². The summed E-state index contributed by atoms with van der Waals surface area (Å²) in [7, 11) is 3.50. The molecule has 0 spiro atoms. The van der Waals surface area contributed by atoms with Crippen molar-refractivity contribution < 1.29 is 4.79 Å². The van der Waals surface area contributed by atoms with E-state index >= 15 is 0 Å². The molecule has 0 bridgehead atoms. The van der Waals surface area contributed by atoms with E-state index in [1.54, 1.807) is 25.2 Å². The maximum absolute atomic E-state index is 11.9. The van der Waals surface area contributed by atoms with Gasteiger partial charge in [-0.2, -0.15) is 0 Å². The van der Waals surface area contributed by atoms with Gasteiger partial charge >= 0.3 is 0 Å². The Balaban J connectivity index is 1.51. The number of rotatable bonds is 6. The van der Waals surface area contributed by atoms with Crippen LogP contribution in [0.2, 0.25) is 0 Å². The molecular weight excluding hydrogens is 324 g/mol. The molecule has 2 heterocycles. The number of nitrogens with one attached hydrogen (secondary N) is 1. The van der Waals surface area contributed by atoms with Crippen LogP contribution in [0, 0.1) is 0 Å². The largest absolute Gasteiger partial charge is 0.366 e. The van der Waals surface area contributed by atoms with E-state index in [0.717, 1.165) is 38.3 Å². The van der Waals surface area contributed by atoms with Gasteiger partial charge in [0.2, 0.25) is 0 Å². The van der Waals surface area contributed by atoms with Crippen molar-refractivity contribution in [2.45, 2.75) is 25.3 Å². The number of amides is 1. The van der Waals surface area contributed by atoms with E-state index in [0.29, 0.717) is 11.6 Å². The molecule has 2 aromatic rings.